The zero-order valence-electron chi connectivity index (χ0n) is 10.6. The van der Waals surface area contributed by atoms with Gasteiger partial charge in [-0.25, -0.2) is 9.78 Å². The number of nitrogens with zero attached hydrogens (tertiary/aromatic N) is 2. The van der Waals surface area contributed by atoms with Crippen molar-refractivity contribution < 1.29 is 19.5 Å². The van der Waals surface area contributed by atoms with Crippen LogP contribution in [0.4, 0.5) is 0 Å². The lowest BCUT2D eigenvalue weighted by atomic mass is 10.00. The number of thiazole rings is 1. The molecule has 2 atom stereocenters. The normalized spacial score (nSPS) is 23.2. The largest absolute Gasteiger partial charge is 0.476 e. The van der Waals surface area contributed by atoms with E-state index >= 15 is 0 Å². The van der Waals surface area contributed by atoms with Gasteiger partial charge in [0.1, 0.15) is 0 Å². The molecule has 0 bridgehead atoms. The Balaban J connectivity index is 2.00. The lowest BCUT2D eigenvalue weighted by Crippen LogP contribution is -2.32. The lowest BCUT2D eigenvalue weighted by molar-refractivity contribution is -0.139. The van der Waals surface area contributed by atoms with Gasteiger partial charge in [-0.1, -0.05) is 13.8 Å². The van der Waals surface area contributed by atoms with E-state index in [9.17, 15) is 14.4 Å². The molecule has 2 unspecified atom stereocenters. The van der Waals surface area contributed by atoms with Crippen molar-refractivity contribution in [2.75, 3.05) is 6.54 Å². The minimum absolute atomic E-state index is 0.000751. The summed E-state index contributed by atoms with van der Waals surface area (Å²) in [5.74, 6) is -1.95. The van der Waals surface area contributed by atoms with Gasteiger partial charge in [0, 0.05) is 30.2 Å². The van der Waals surface area contributed by atoms with Crippen molar-refractivity contribution in [1.82, 2.24) is 9.88 Å². The second-order valence-corrected chi connectivity index (χ2v) is 5.53. The number of carbonyl (C=O) groups excluding carboxylic acids is 2. The van der Waals surface area contributed by atoms with Gasteiger partial charge in [0.2, 0.25) is 11.8 Å². The Morgan fingerprint density at radius 1 is 1.37 bits per heavy atom. The van der Waals surface area contributed by atoms with Crippen LogP contribution in [-0.2, 0) is 16.0 Å². The van der Waals surface area contributed by atoms with Crippen LogP contribution >= 0.6 is 11.3 Å². The maximum atomic E-state index is 11.9. The summed E-state index contributed by atoms with van der Waals surface area (Å²) in [4.78, 5) is 39.6. The first-order valence-corrected chi connectivity index (χ1v) is 6.82. The third-order valence-corrected chi connectivity index (χ3v) is 4.29. The highest BCUT2D eigenvalue weighted by Gasteiger charge is 2.41. The van der Waals surface area contributed by atoms with Crippen molar-refractivity contribution in [2.24, 2.45) is 11.8 Å². The first-order valence-electron chi connectivity index (χ1n) is 5.94. The van der Waals surface area contributed by atoms with Gasteiger partial charge in [-0.15, -0.1) is 11.3 Å². The number of carboxylic acid groups (broad SMARTS) is 1. The molecule has 2 rings (SSSR count). The Kier molecular flexibility index (Phi) is 3.66. The summed E-state index contributed by atoms with van der Waals surface area (Å²) in [6.07, 6.45) is 0.398. The molecule has 1 fully saturated rings. The van der Waals surface area contributed by atoms with Crippen LogP contribution in [0, 0.1) is 11.8 Å². The van der Waals surface area contributed by atoms with Gasteiger partial charge in [0.25, 0.3) is 0 Å². The fraction of sp³-hybridized carbons (Fsp3) is 0.500. The Morgan fingerprint density at radius 2 is 1.95 bits per heavy atom. The number of amides is 2. The van der Waals surface area contributed by atoms with Crippen molar-refractivity contribution in [3.63, 3.8) is 0 Å². The summed E-state index contributed by atoms with van der Waals surface area (Å²) in [6.45, 7) is 3.76. The summed E-state index contributed by atoms with van der Waals surface area (Å²) in [5.41, 5.74) is 0.000751. The van der Waals surface area contributed by atoms with Crippen molar-refractivity contribution in [2.45, 2.75) is 20.3 Å². The molecule has 7 heteroatoms. The van der Waals surface area contributed by atoms with Crippen LogP contribution in [0.5, 0.6) is 0 Å². The van der Waals surface area contributed by atoms with E-state index < -0.39 is 5.97 Å². The lowest BCUT2D eigenvalue weighted by Gasteiger charge is -2.13. The molecule has 1 aliphatic heterocycles. The number of imide groups is 1. The van der Waals surface area contributed by atoms with Crippen LogP contribution in [0.25, 0.3) is 0 Å². The fourth-order valence-corrected chi connectivity index (χ4v) is 2.74. The molecule has 1 N–H and O–H groups in total. The SMILES string of the molecule is CC1C(=O)N(CCc2nc(C(=O)O)cs2)C(=O)C1C. The second kappa shape index (κ2) is 5.08. The Bertz CT molecular complexity index is 520. The molecule has 0 spiro atoms. The molecule has 0 saturated carbocycles. The van der Waals surface area contributed by atoms with Crippen LogP contribution in [-0.4, -0.2) is 39.3 Å². The van der Waals surface area contributed by atoms with E-state index in [1.54, 1.807) is 13.8 Å². The minimum Gasteiger partial charge on any atom is -0.476 e. The molecule has 0 aliphatic carbocycles. The van der Waals surface area contributed by atoms with Gasteiger partial charge in [0.05, 0.1) is 5.01 Å². The van der Waals surface area contributed by atoms with Gasteiger partial charge in [0.15, 0.2) is 5.69 Å². The topological polar surface area (TPSA) is 87.6 Å². The molecule has 1 aromatic rings. The standard InChI is InChI=1S/C12H14N2O4S/c1-6-7(2)11(16)14(10(6)15)4-3-9-13-8(5-19-9)12(17)18/h5-7H,3-4H2,1-2H3,(H,17,18). The quantitative estimate of drug-likeness (QED) is 0.833. The van der Waals surface area contributed by atoms with Crippen LogP contribution in [0.1, 0.15) is 29.3 Å². The smallest absolute Gasteiger partial charge is 0.355 e. The molecule has 6 nitrogen and oxygen atoms in total. The number of rotatable bonds is 4. The predicted octanol–water partition coefficient (Wildman–Crippen LogP) is 1.02. The highest BCUT2D eigenvalue weighted by Crippen LogP contribution is 2.25. The fourth-order valence-electron chi connectivity index (χ4n) is 1.98. The van der Waals surface area contributed by atoms with Crippen molar-refractivity contribution in [1.29, 1.82) is 0 Å². The van der Waals surface area contributed by atoms with Gasteiger partial charge in [-0.05, 0) is 0 Å². The van der Waals surface area contributed by atoms with Crippen molar-refractivity contribution in [3.8, 4) is 0 Å². The first-order chi connectivity index (χ1) is 8.91. The molecule has 1 saturated heterocycles. The Hall–Kier alpha value is -1.76. The van der Waals surface area contributed by atoms with Crippen LogP contribution in [0.15, 0.2) is 5.38 Å². The van der Waals surface area contributed by atoms with E-state index in [1.807, 2.05) is 0 Å². The number of aromatic carboxylic acids is 1. The monoisotopic (exact) mass is 282 g/mol. The molecule has 1 aromatic heterocycles. The summed E-state index contributed by atoms with van der Waals surface area (Å²) >= 11 is 1.22. The Labute approximate surface area is 114 Å². The summed E-state index contributed by atoms with van der Waals surface area (Å²) < 4.78 is 0. The molecular weight excluding hydrogens is 268 g/mol. The van der Waals surface area contributed by atoms with Crippen LogP contribution in [0.3, 0.4) is 0 Å². The number of aromatic nitrogens is 1. The second-order valence-electron chi connectivity index (χ2n) is 4.59. The number of likely N-dealkylation sites (tertiary alicyclic amines) is 1. The molecule has 2 heterocycles. The Morgan fingerprint density at radius 3 is 2.42 bits per heavy atom. The van der Waals surface area contributed by atoms with E-state index in [1.165, 1.54) is 21.6 Å². The maximum absolute atomic E-state index is 11.9. The van der Waals surface area contributed by atoms with E-state index in [-0.39, 0.29) is 35.9 Å². The summed E-state index contributed by atoms with van der Waals surface area (Å²) in [6, 6.07) is 0. The summed E-state index contributed by atoms with van der Waals surface area (Å²) in [7, 11) is 0. The highest BCUT2D eigenvalue weighted by atomic mass is 32.1. The zero-order chi connectivity index (χ0) is 14.2. The molecule has 19 heavy (non-hydrogen) atoms. The van der Waals surface area contributed by atoms with E-state index in [4.69, 9.17) is 5.11 Å². The van der Waals surface area contributed by atoms with Gasteiger partial charge < -0.3 is 5.11 Å². The van der Waals surface area contributed by atoms with Crippen molar-refractivity contribution >= 4 is 29.1 Å². The number of carboxylic acids is 1. The predicted molar refractivity (Wildman–Crippen MR) is 67.8 cm³/mol. The van der Waals surface area contributed by atoms with Crippen LogP contribution in [0.2, 0.25) is 0 Å². The maximum Gasteiger partial charge on any atom is 0.355 e. The molecule has 0 aromatic carbocycles. The minimum atomic E-state index is -1.07. The molecule has 2 amide bonds. The van der Waals surface area contributed by atoms with Gasteiger partial charge in [-0.3, -0.25) is 14.5 Å². The molecule has 102 valence electrons. The average Bonchev–Trinajstić information content (AvgIpc) is 2.91. The van der Waals surface area contributed by atoms with E-state index in [2.05, 4.69) is 4.98 Å². The summed E-state index contributed by atoms with van der Waals surface area (Å²) in [5, 5.41) is 10.8. The first kappa shape index (κ1) is 13.7. The molecule has 0 radical (unpaired) electrons. The third kappa shape index (κ3) is 2.51. The van der Waals surface area contributed by atoms with Crippen LogP contribution < -0.4 is 0 Å². The van der Waals surface area contributed by atoms with Crippen molar-refractivity contribution in [3.05, 3.63) is 16.1 Å². The zero-order valence-corrected chi connectivity index (χ0v) is 11.4. The number of carbonyl (C=O) groups is 3. The number of hydrogen-bond donors (Lipinski definition) is 1. The average molecular weight is 282 g/mol. The number of hydrogen-bond acceptors (Lipinski definition) is 5. The van der Waals surface area contributed by atoms with Gasteiger partial charge >= 0.3 is 5.97 Å². The van der Waals surface area contributed by atoms with Gasteiger partial charge in [-0.2, -0.15) is 0 Å². The van der Waals surface area contributed by atoms with E-state index in [0.29, 0.717) is 11.4 Å². The van der Waals surface area contributed by atoms with E-state index in [0.717, 1.165) is 0 Å². The molecular formula is C12H14N2O4S. The third-order valence-electron chi connectivity index (χ3n) is 3.38. The highest BCUT2D eigenvalue weighted by molar-refractivity contribution is 7.09. The molecule has 1 aliphatic rings.